The third kappa shape index (κ3) is 5.99. The summed E-state index contributed by atoms with van der Waals surface area (Å²) in [7, 11) is 1.59. The second kappa shape index (κ2) is 9.97. The first-order chi connectivity index (χ1) is 12.9. The molecule has 0 bridgehead atoms. The Bertz CT molecular complexity index is 824. The summed E-state index contributed by atoms with van der Waals surface area (Å²) >= 11 is 3.43. The van der Waals surface area contributed by atoms with Crippen LogP contribution in [0.15, 0.2) is 46.0 Å². The third-order valence-electron chi connectivity index (χ3n) is 3.91. The number of carbonyl (C=O) groups excluding carboxylic acids is 1. The lowest BCUT2D eigenvalue weighted by molar-refractivity contribution is 0.207. The normalized spacial score (nSPS) is 11.9. The molecule has 7 heteroatoms. The number of nitrogens with one attached hydrogen (secondary N) is 2. The van der Waals surface area contributed by atoms with Gasteiger partial charge in [0.25, 0.3) is 0 Å². The largest absolute Gasteiger partial charge is 0.493 e. The fourth-order valence-electron chi connectivity index (χ4n) is 2.25. The molecule has 0 aromatic heterocycles. The van der Waals surface area contributed by atoms with E-state index in [9.17, 15) is 4.79 Å². The van der Waals surface area contributed by atoms with Crippen LogP contribution in [0.4, 0.5) is 10.5 Å². The van der Waals surface area contributed by atoms with Crippen LogP contribution < -0.4 is 20.2 Å². The van der Waals surface area contributed by atoms with Crippen molar-refractivity contribution in [2.75, 3.05) is 12.4 Å². The molecule has 27 heavy (non-hydrogen) atoms. The number of para-hydroxylation sites is 1. The summed E-state index contributed by atoms with van der Waals surface area (Å²) in [5.74, 6) is 1.22. The van der Waals surface area contributed by atoms with Gasteiger partial charge in [-0.2, -0.15) is 5.10 Å². The summed E-state index contributed by atoms with van der Waals surface area (Å²) in [5.41, 5.74) is 4.89. The van der Waals surface area contributed by atoms with E-state index < -0.39 is 6.03 Å². The lowest BCUT2D eigenvalue weighted by atomic mass is 10.2. The number of aryl methyl sites for hydroxylation is 1. The first-order valence-electron chi connectivity index (χ1n) is 8.64. The highest BCUT2D eigenvalue weighted by molar-refractivity contribution is 9.10. The summed E-state index contributed by atoms with van der Waals surface area (Å²) in [6.07, 6.45) is 2.43. The van der Waals surface area contributed by atoms with Crippen LogP contribution in [-0.2, 0) is 0 Å². The van der Waals surface area contributed by atoms with E-state index in [1.165, 1.54) is 6.21 Å². The van der Waals surface area contributed by atoms with Gasteiger partial charge in [0.2, 0.25) is 0 Å². The predicted molar refractivity (Wildman–Crippen MR) is 112 cm³/mol. The van der Waals surface area contributed by atoms with Gasteiger partial charge in [-0.25, -0.2) is 10.2 Å². The smallest absolute Gasteiger partial charge is 0.339 e. The van der Waals surface area contributed by atoms with Gasteiger partial charge in [-0.1, -0.05) is 28.9 Å². The van der Waals surface area contributed by atoms with E-state index >= 15 is 0 Å². The highest BCUT2D eigenvalue weighted by Crippen LogP contribution is 2.31. The van der Waals surface area contributed by atoms with Crippen molar-refractivity contribution < 1.29 is 14.3 Å². The molecule has 0 aliphatic carbocycles. The average Bonchev–Trinajstić information content (AvgIpc) is 2.65. The monoisotopic (exact) mass is 433 g/mol. The van der Waals surface area contributed by atoms with Gasteiger partial charge in [-0.3, -0.25) is 0 Å². The number of rotatable bonds is 7. The highest BCUT2D eigenvalue weighted by atomic mass is 79.9. The number of hydrogen-bond donors (Lipinski definition) is 2. The van der Waals surface area contributed by atoms with E-state index in [0.29, 0.717) is 17.2 Å². The van der Waals surface area contributed by atoms with Crippen molar-refractivity contribution in [3.05, 3.63) is 52.0 Å². The van der Waals surface area contributed by atoms with Crippen molar-refractivity contribution in [3.8, 4) is 11.5 Å². The summed E-state index contributed by atoms with van der Waals surface area (Å²) < 4.78 is 12.3. The van der Waals surface area contributed by atoms with Crippen LogP contribution in [0, 0.1) is 6.92 Å². The molecule has 0 heterocycles. The quantitative estimate of drug-likeness (QED) is 0.471. The number of hydrogen-bond acceptors (Lipinski definition) is 4. The van der Waals surface area contributed by atoms with Gasteiger partial charge in [0.1, 0.15) is 0 Å². The molecule has 0 aliphatic rings. The first-order valence-corrected chi connectivity index (χ1v) is 9.43. The molecule has 0 spiro atoms. The number of carbonyl (C=O) groups is 1. The van der Waals surface area contributed by atoms with Gasteiger partial charge in [0.15, 0.2) is 11.5 Å². The van der Waals surface area contributed by atoms with E-state index in [0.717, 1.165) is 22.0 Å². The summed E-state index contributed by atoms with van der Waals surface area (Å²) in [6.45, 7) is 5.98. The number of methoxy groups -OCH3 is 1. The van der Waals surface area contributed by atoms with E-state index in [2.05, 4.69) is 31.8 Å². The van der Waals surface area contributed by atoms with Crippen LogP contribution in [0.5, 0.6) is 11.5 Å². The van der Waals surface area contributed by atoms with Crippen molar-refractivity contribution in [1.29, 1.82) is 0 Å². The van der Waals surface area contributed by atoms with Crippen molar-refractivity contribution in [3.63, 3.8) is 0 Å². The average molecular weight is 434 g/mol. The molecule has 0 saturated heterocycles. The molecular formula is C20H24BrN3O3. The Balaban J connectivity index is 2.06. The van der Waals surface area contributed by atoms with E-state index in [1.54, 1.807) is 13.2 Å². The molecule has 0 saturated carbocycles. The van der Waals surface area contributed by atoms with Crippen molar-refractivity contribution >= 4 is 33.9 Å². The summed E-state index contributed by atoms with van der Waals surface area (Å²) in [4.78, 5) is 12.0. The Hall–Kier alpha value is -2.54. The molecule has 0 radical (unpaired) electrons. The molecule has 0 unspecified atom stereocenters. The molecule has 0 fully saturated rings. The van der Waals surface area contributed by atoms with Crippen LogP contribution >= 0.6 is 15.9 Å². The zero-order valence-corrected chi connectivity index (χ0v) is 17.5. The Morgan fingerprint density at radius 3 is 2.78 bits per heavy atom. The van der Waals surface area contributed by atoms with E-state index in [4.69, 9.17) is 9.47 Å². The third-order valence-corrected chi connectivity index (χ3v) is 4.80. The Kier molecular flexibility index (Phi) is 7.67. The lowest BCUT2D eigenvalue weighted by Gasteiger charge is -2.17. The van der Waals surface area contributed by atoms with Gasteiger partial charge in [-0.05, 0) is 56.2 Å². The number of amides is 2. The number of nitrogens with zero attached hydrogens (tertiary/aromatic N) is 1. The van der Waals surface area contributed by atoms with Gasteiger partial charge in [-0.15, -0.1) is 0 Å². The minimum Gasteiger partial charge on any atom is -0.493 e. The van der Waals surface area contributed by atoms with Crippen LogP contribution in [-0.4, -0.2) is 25.5 Å². The van der Waals surface area contributed by atoms with Gasteiger partial charge < -0.3 is 14.8 Å². The minimum atomic E-state index is -0.430. The van der Waals surface area contributed by atoms with Crippen molar-refractivity contribution in [2.45, 2.75) is 33.3 Å². The number of hydrazone groups is 1. The van der Waals surface area contributed by atoms with Crippen LogP contribution in [0.1, 0.15) is 31.4 Å². The second-order valence-corrected chi connectivity index (χ2v) is 6.86. The lowest BCUT2D eigenvalue weighted by Crippen LogP contribution is -2.24. The van der Waals surface area contributed by atoms with Crippen molar-refractivity contribution in [2.24, 2.45) is 5.10 Å². The predicted octanol–water partition coefficient (Wildman–Crippen LogP) is 5.10. The molecule has 2 aromatic carbocycles. The topological polar surface area (TPSA) is 72.0 Å². The molecule has 2 N–H and O–H groups in total. The molecule has 2 rings (SSSR count). The zero-order chi connectivity index (χ0) is 19.8. The molecule has 2 amide bonds. The summed E-state index contributed by atoms with van der Waals surface area (Å²) in [5, 5.41) is 6.75. The SMILES string of the molecule is CC[C@@H](C)Oc1c(/C=N/NC(=O)Nc2ccc(Br)c(C)c2)cccc1OC. The minimum absolute atomic E-state index is 0.0327. The van der Waals surface area contributed by atoms with Crippen LogP contribution in [0.2, 0.25) is 0 Å². The van der Waals surface area contributed by atoms with Crippen molar-refractivity contribution in [1.82, 2.24) is 5.43 Å². The number of benzene rings is 2. The summed E-state index contributed by atoms with van der Waals surface area (Å²) in [6, 6.07) is 10.6. The number of halogens is 1. The first kappa shape index (κ1) is 20.8. The maximum Gasteiger partial charge on any atom is 0.339 e. The molecule has 1 atom stereocenters. The molecule has 6 nitrogen and oxygen atoms in total. The Morgan fingerprint density at radius 1 is 1.33 bits per heavy atom. The van der Waals surface area contributed by atoms with E-state index in [1.807, 2.05) is 51.1 Å². The second-order valence-electron chi connectivity index (χ2n) is 6.00. The number of anilines is 1. The van der Waals surface area contributed by atoms with Gasteiger partial charge in [0, 0.05) is 15.7 Å². The van der Waals surface area contributed by atoms with Crippen LogP contribution in [0.25, 0.3) is 0 Å². The Morgan fingerprint density at radius 2 is 2.11 bits per heavy atom. The molecule has 0 aliphatic heterocycles. The zero-order valence-electron chi connectivity index (χ0n) is 15.9. The maximum absolute atomic E-state index is 12.0. The number of ether oxygens (including phenoxy) is 2. The fraction of sp³-hybridized carbons (Fsp3) is 0.300. The number of urea groups is 1. The highest BCUT2D eigenvalue weighted by Gasteiger charge is 2.12. The van der Waals surface area contributed by atoms with Gasteiger partial charge in [0.05, 0.1) is 19.4 Å². The standard InChI is InChI=1S/C20H24BrN3O3/c1-5-14(3)27-19-15(7-6-8-18(19)26-4)12-22-24-20(25)23-16-9-10-17(21)13(2)11-16/h6-12,14H,5H2,1-4H3,(H2,23,24,25)/b22-12+/t14-/m1/s1. The molecule has 144 valence electrons. The van der Waals surface area contributed by atoms with E-state index in [-0.39, 0.29) is 6.10 Å². The molecular weight excluding hydrogens is 410 g/mol. The fourth-order valence-corrected chi connectivity index (χ4v) is 2.49. The molecule has 2 aromatic rings. The van der Waals surface area contributed by atoms with Gasteiger partial charge >= 0.3 is 6.03 Å². The maximum atomic E-state index is 12.0. The Labute approximate surface area is 168 Å². The van der Waals surface area contributed by atoms with Crippen LogP contribution in [0.3, 0.4) is 0 Å².